The summed E-state index contributed by atoms with van der Waals surface area (Å²) < 4.78 is 39.1. The van der Waals surface area contributed by atoms with Crippen LogP contribution < -0.4 is 16.3 Å². The van der Waals surface area contributed by atoms with Crippen LogP contribution in [-0.2, 0) is 22.7 Å². The van der Waals surface area contributed by atoms with Gasteiger partial charge in [0, 0.05) is 19.5 Å². The lowest BCUT2D eigenvalue weighted by Crippen LogP contribution is -2.41. The van der Waals surface area contributed by atoms with Crippen molar-refractivity contribution >= 4 is 22.8 Å². The van der Waals surface area contributed by atoms with Crippen molar-refractivity contribution in [2.24, 2.45) is 0 Å². The maximum atomic E-state index is 12.6. The number of benzene rings is 1. The molecule has 1 aromatic heterocycles. The second-order valence-corrected chi connectivity index (χ2v) is 5.99. The Morgan fingerprint density at radius 2 is 1.59 bits per heavy atom. The molecule has 0 spiro atoms. The summed E-state index contributed by atoms with van der Waals surface area (Å²) in [7, 11) is 0. The monoisotopic (exact) mass is 386 g/mol. The first-order valence-electron chi connectivity index (χ1n) is 8.51. The number of rotatable bonds is 8. The Morgan fingerprint density at radius 1 is 1.00 bits per heavy atom. The molecule has 27 heavy (non-hydrogen) atoms. The van der Waals surface area contributed by atoms with Crippen molar-refractivity contribution < 1.29 is 22.8 Å². The number of fused-ring (bicyclic) bond motifs is 1. The number of nitrogens with zero attached hydrogens (tertiary/aromatic N) is 2. The number of imidazole rings is 1. The number of alkyl halides is 3. The minimum atomic E-state index is -4.51. The number of aryl methyl sites for hydroxylation is 2. The molecular formula is C17H21F3N4O3. The Labute approximate surface area is 153 Å². The summed E-state index contributed by atoms with van der Waals surface area (Å²) in [5, 5.41) is 3.91. The fraction of sp³-hybridized carbons (Fsp3) is 0.471. The highest BCUT2D eigenvalue weighted by Gasteiger charge is 2.27. The highest BCUT2D eigenvalue weighted by atomic mass is 19.4. The average Bonchev–Trinajstić information content (AvgIpc) is 2.88. The molecule has 2 aromatic rings. The third kappa shape index (κ3) is 5.60. The summed E-state index contributed by atoms with van der Waals surface area (Å²) in [4.78, 5) is 35.7. The van der Waals surface area contributed by atoms with Gasteiger partial charge in [-0.3, -0.25) is 18.7 Å². The number of halogens is 3. The van der Waals surface area contributed by atoms with Crippen LogP contribution in [0.1, 0.15) is 19.8 Å². The van der Waals surface area contributed by atoms with Crippen LogP contribution in [0, 0.1) is 0 Å². The molecular weight excluding hydrogens is 365 g/mol. The molecule has 2 amide bonds. The molecule has 0 saturated heterocycles. The lowest BCUT2D eigenvalue weighted by molar-refractivity contribution is -0.138. The maximum absolute atomic E-state index is 12.6. The van der Waals surface area contributed by atoms with E-state index in [0.717, 1.165) is 11.9 Å². The van der Waals surface area contributed by atoms with E-state index in [1.807, 2.05) is 19.1 Å². The maximum Gasteiger partial charge on any atom is 0.405 e. The first-order chi connectivity index (χ1) is 12.7. The van der Waals surface area contributed by atoms with Gasteiger partial charge in [0.05, 0.1) is 17.6 Å². The molecule has 0 aliphatic rings. The van der Waals surface area contributed by atoms with Gasteiger partial charge < -0.3 is 10.6 Å². The molecule has 0 unspecified atom stereocenters. The number of carbonyl (C=O) groups is 2. The number of amides is 2. The molecule has 0 fully saturated rings. The van der Waals surface area contributed by atoms with E-state index in [1.165, 1.54) is 4.57 Å². The fourth-order valence-electron chi connectivity index (χ4n) is 2.67. The van der Waals surface area contributed by atoms with Crippen LogP contribution in [0.5, 0.6) is 0 Å². The highest BCUT2D eigenvalue weighted by molar-refractivity contribution is 5.84. The zero-order chi connectivity index (χ0) is 20.0. The van der Waals surface area contributed by atoms with Gasteiger partial charge in [-0.25, -0.2) is 4.79 Å². The molecule has 0 aliphatic heterocycles. The topological polar surface area (TPSA) is 85.1 Å². The summed E-state index contributed by atoms with van der Waals surface area (Å²) in [6, 6.07) is 7.23. The molecule has 10 heteroatoms. The molecule has 1 heterocycles. The Balaban J connectivity index is 1.95. The van der Waals surface area contributed by atoms with Gasteiger partial charge in [-0.05, 0) is 18.6 Å². The standard InChI is InChI=1S/C17H21F3N4O3/c1-2-8-23-12-5-3-4-6-13(12)24(16(23)27)9-7-14(25)21-10-15(26)22-11-17(18,19)20/h3-6H,2,7-11H2,1H3,(H,21,25)(H,22,26). The van der Waals surface area contributed by atoms with E-state index >= 15 is 0 Å². The smallest absolute Gasteiger partial charge is 0.347 e. The van der Waals surface area contributed by atoms with E-state index in [9.17, 15) is 27.6 Å². The van der Waals surface area contributed by atoms with Crippen LogP contribution in [0.4, 0.5) is 13.2 Å². The van der Waals surface area contributed by atoms with Gasteiger partial charge in [0.15, 0.2) is 0 Å². The third-order valence-electron chi connectivity index (χ3n) is 3.87. The number of hydrogen-bond acceptors (Lipinski definition) is 3. The summed E-state index contributed by atoms with van der Waals surface area (Å²) in [6.45, 7) is 0.606. The van der Waals surface area contributed by atoms with Gasteiger partial charge in [0.25, 0.3) is 0 Å². The van der Waals surface area contributed by atoms with Crippen molar-refractivity contribution in [3.63, 3.8) is 0 Å². The summed E-state index contributed by atoms with van der Waals surface area (Å²) in [5.74, 6) is -1.46. The lowest BCUT2D eigenvalue weighted by Gasteiger charge is -2.09. The fourth-order valence-corrected chi connectivity index (χ4v) is 2.67. The zero-order valence-corrected chi connectivity index (χ0v) is 14.8. The van der Waals surface area contributed by atoms with Crippen LogP contribution in [0.3, 0.4) is 0 Å². The van der Waals surface area contributed by atoms with Crippen LogP contribution >= 0.6 is 0 Å². The average molecular weight is 386 g/mol. The van der Waals surface area contributed by atoms with Crippen LogP contribution in [0.2, 0.25) is 0 Å². The van der Waals surface area contributed by atoms with Crippen molar-refractivity contribution in [1.29, 1.82) is 0 Å². The van der Waals surface area contributed by atoms with E-state index in [0.29, 0.717) is 12.1 Å². The Morgan fingerprint density at radius 3 is 2.15 bits per heavy atom. The Hall–Kier alpha value is -2.78. The minimum absolute atomic E-state index is 0.0768. The van der Waals surface area contributed by atoms with Crippen LogP contribution in [0.15, 0.2) is 29.1 Å². The van der Waals surface area contributed by atoms with E-state index in [2.05, 4.69) is 5.32 Å². The Bertz CT molecular complexity index is 870. The van der Waals surface area contributed by atoms with Crippen molar-refractivity contribution in [2.75, 3.05) is 13.1 Å². The van der Waals surface area contributed by atoms with E-state index in [-0.39, 0.29) is 18.7 Å². The molecule has 2 N–H and O–H groups in total. The van der Waals surface area contributed by atoms with Gasteiger partial charge in [-0.15, -0.1) is 0 Å². The van der Waals surface area contributed by atoms with Gasteiger partial charge in [-0.1, -0.05) is 19.1 Å². The van der Waals surface area contributed by atoms with Crippen molar-refractivity contribution in [3.05, 3.63) is 34.7 Å². The van der Waals surface area contributed by atoms with E-state index in [1.54, 1.807) is 22.0 Å². The summed E-state index contributed by atoms with van der Waals surface area (Å²) >= 11 is 0. The first-order valence-corrected chi connectivity index (χ1v) is 8.51. The largest absolute Gasteiger partial charge is 0.405 e. The summed E-state index contributed by atoms with van der Waals surface area (Å²) in [6.07, 6.45) is -3.80. The second-order valence-electron chi connectivity index (χ2n) is 5.99. The van der Waals surface area contributed by atoms with E-state index < -0.39 is 31.1 Å². The van der Waals surface area contributed by atoms with Gasteiger partial charge in [0.2, 0.25) is 11.8 Å². The predicted octanol–water partition coefficient (Wildman–Crippen LogP) is 1.40. The SMILES string of the molecule is CCCn1c(=O)n(CCC(=O)NCC(=O)NCC(F)(F)F)c2ccccc21. The molecule has 0 aliphatic carbocycles. The molecule has 148 valence electrons. The molecule has 7 nitrogen and oxygen atoms in total. The number of hydrogen-bond donors (Lipinski definition) is 2. The van der Waals surface area contributed by atoms with Gasteiger partial charge >= 0.3 is 11.9 Å². The Kier molecular flexibility index (Phi) is 6.65. The molecule has 0 saturated carbocycles. The number of nitrogens with one attached hydrogen (secondary N) is 2. The normalized spacial score (nSPS) is 11.6. The molecule has 0 radical (unpaired) electrons. The predicted molar refractivity (Wildman–Crippen MR) is 93.2 cm³/mol. The van der Waals surface area contributed by atoms with Gasteiger partial charge in [-0.2, -0.15) is 13.2 Å². The lowest BCUT2D eigenvalue weighted by atomic mass is 10.3. The third-order valence-corrected chi connectivity index (χ3v) is 3.87. The minimum Gasteiger partial charge on any atom is -0.347 e. The molecule has 2 rings (SSSR count). The number of aromatic nitrogens is 2. The first kappa shape index (κ1) is 20.5. The van der Waals surface area contributed by atoms with Crippen LogP contribution in [-0.4, -0.2) is 40.2 Å². The van der Waals surface area contributed by atoms with E-state index in [4.69, 9.17) is 0 Å². The van der Waals surface area contributed by atoms with Crippen molar-refractivity contribution in [3.8, 4) is 0 Å². The van der Waals surface area contributed by atoms with Crippen LogP contribution in [0.25, 0.3) is 11.0 Å². The zero-order valence-electron chi connectivity index (χ0n) is 14.8. The highest BCUT2D eigenvalue weighted by Crippen LogP contribution is 2.14. The molecule has 1 aromatic carbocycles. The van der Waals surface area contributed by atoms with Crippen molar-refractivity contribution in [1.82, 2.24) is 19.8 Å². The van der Waals surface area contributed by atoms with Crippen molar-refractivity contribution in [2.45, 2.75) is 39.0 Å². The molecule has 0 atom stereocenters. The molecule has 0 bridgehead atoms. The second kappa shape index (κ2) is 8.74. The quantitative estimate of drug-likeness (QED) is 0.719. The van der Waals surface area contributed by atoms with Gasteiger partial charge in [0.1, 0.15) is 6.54 Å². The number of para-hydroxylation sites is 2. The summed E-state index contributed by atoms with van der Waals surface area (Å²) in [5.41, 5.74) is 1.25. The number of carbonyl (C=O) groups excluding carboxylic acids is 2.